The molecular weight excluding hydrogens is 402 g/mol. The molecule has 1 amide bonds. The van der Waals surface area contributed by atoms with E-state index in [1.807, 2.05) is 6.92 Å². The van der Waals surface area contributed by atoms with Gasteiger partial charge in [-0.1, -0.05) is 18.7 Å². The van der Waals surface area contributed by atoms with Crippen LogP contribution in [0.25, 0.3) is 10.9 Å². The van der Waals surface area contributed by atoms with Gasteiger partial charge < -0.3 is 10.4 Å². The highest BCUT2D eigenvalue weighted by atomic mass is 32.2. The standard InChI is InChI=1S/C17H17N5O4S2/c1-2-3-16(24)19-14-8-10(4-7-15(14)23)20-21-17-12-9-11(28(18,25)26)5-6-13(12)22-27-17/h4-9,23H,2-3H2,1H3,(H,19,24)(H2,18,25,26)/p-1. The summed E-state index contributed by atoms with van der Waals surface area (Å²) in [5, 5.41) is 28.7. The van der Waals surface area contributed by atoms with Crippen LogP contribution in [0.3, 0.4) is 0 Å². The van der Waals surface area contributed by atoms with Crippen molar-refractivity contribution in [2.24, 2.45) is 15.4 Å². The highest BCUT2D eigenvalue weighted by molar-refractivity contribution is 7.89. The Labute approximate surface area is 165 Å². The second-order valence-corrected chi connectivity index (χ2v) is 8.20. The van der Waals surface area contributed by atoms with Crippen molar-refractivity contribution in [3.05, 3.63) is 36.4 Å². The van der Waals surface area contributed by atoms with Crippen LogP contribution in [0.15, 0.2) is 51.5 Å². The lowest BCUT2D eigenvalue weighted by Crippen LogP contribution is -2.12. The Hall–Kier alpha value is -2.89. The molecule has 1 heterocycles. The number of aromatic nitrogens is 1. The van der Waals surface area contributed by atoms with E-state index in [-0.39, 0.29) is 22.2 Å². The Balaban J connectivity index is 1.90. The number of amides is 1. The zero-order chi connectivity index (χ0) is 20.3. The Morgan fingerprint density at radius 3 is 2.75 bits per heavy atom. The molecule has 2 aromatic carbocycles. The number of hydrogen-bond acceptors (Lipinski definition) is 8. The van der Waals surface area contributed by atoms with Gasteiger partial charge in [-0.25, -0.2) is 13.6 Å². The van der Waals surface area contributed by atoms with Crippen LogP contribution >= 0.6 is 11.5 Å². The fraction of sp³-hybridized carbons (Fsp3) is 0.176. The van der Waals surface area contributed by atoms with Gasteiger partial charge in [-0.05, 0) is 48.3 Å². The van der Waals surface area contributed by atoms with Gasteiger partial charge in [0.1, 0.15) is 0 Å². The van der Waals surface area contributed by atoms with Crippen molar-refractivity contribution in [3.63, 3.8) is 0 Å². The number of hydrogen-bond donors (Lipinski definition) is 2. The van der Waals surface area contributed by atoms with E-state index in [1.165, 1.54) is 36.4 Å². The van der Waals surface area contributed by atoms with Gasteiger partial charge in [0.15, 0.2) is 5.00 Å². The molecule has 0 radical (unpaired) electrons. The van der Waals surface area contributed by atoms with Gasteiger partial charge in [-0.2, -0.15) is 4.37 Å². The molecule has 146 valence electrons. The molecule has 3 N–H and O–H groups in total. The van der Waals surface area contributed by atoms with E-state index in [4.69, 9.17) is 5.14 Å². The van der Waals surface area contributed by atoms with Gasteiger partial charge in [0, 0.05) is 17.5 Å². The van der Waals surface area contributed by atoms with Crippen molar-refractivity contribution in [2.75, 3.05) is 5.32 Å². The van der Waals surface area contributed by atoms with E-state index in [0.717, 1.165) is 11.5 Å². The lowest BCUT2D eigenvalue weighted by atomic mass is 10.2. The van der Waals surface area contributed by atoms with Crippen LogP contribution < -0.4 is 15.6 Å². The van der Waals surface area contributed by atoms with Crippen LogP contribution in [-0.2, 0) is 14.8 Å². The van der Waals surface area contributed by atoms with Crippen molar-refractivity contribution >= 4 is 54.7 Å². The summed E-state index contributed by atoms with van der Waals surface area (Å²) in [6.45, 7) is 1.86. The molecule has 0 aliphatic heterocycles. The minimum Gasteiger partial charge on any atom is -0.871 e. The van der Waals surface area contributed by atoms with E-state index in [9.17, 15) is 18.3 Å². The number of azo groups is 1. The fourth-order valence-electron chi connectivity index (χ4n) is 2.38. The number of primary sulfonamides is 1. The molecule has 0 atom stereocenters. The predicted molar refractivity (Wildman–Crippen MR) is 105 cm³/mol. The van der Waals surface area contributed by atoms with Crippen molar-refractivity contribution in [2.45, 2.75) is 24.7 Å². The molecule has 0 aliphatic rings. The summed E-state index contributed by atoms with van der Waals surface area (Å²) >= 11 is 1.05. The van der Waals surface area contributed by atoms with Crippen LogP contribution in [0.4, 0.5) is 16.4 Å². The summed E-state index contributed by atoms with van der Waals surface area (Å²) < 4.78 is 27.3. The highest BCUT2D eigenvalue weighted by Gasteiger charge is 2.12. The van der Waals surface area contributed by atoms with E-state index in [1.54, 1.807) is 0 Å². The third-order valence-corrected chi connectivity index (χ3v) is 5.40. The molecule has 28 heavy (non-hydrogen) atoms. The number of rotatable bonds is 6. The maximum atomic E-state index is 11.9. The first-order valence-corrected chi connectivity index (χ1v) is 10.5. The third-order valence-electron chi connectivity index (χ3n) is 3.73. The topological polar surface area (TPSA) is 150 Å². The average molecular weight is 418 g/mol. The van der Waals surface area contributed by atoms with Crippen LogP contribution in [0, 0.1) is 0 Å². The monoisotopic (exact) mass is 418 g/mol. The maximum Gasteiger partial charge on any atom is 0.238 e. The Morgan fingerprint density at radius 2 is 2.04 bits per heavy atom. The van der Waals surface area contributed by atoms with Gasteiger partial charge in [0.25, 0.3) is 0 Å². The molecule has 9 nitrogen and oxygen atoms in total. The number of nitrogens with zero attached hydrogens (tertiary/aromatic N) is 3. The summed E-state index contributed by atoms with van der Waals surface area (Å²) in [7, 11) is -3.85. The molecule has 0 unspecified atom stereocenters. The van der Waals surface area contributed by atoms with Crippen molar-refractivity contribution in [3.8, 4) is 5.75 Å². The smallest absolute Gasteiger partial charge is 0.238 e. The molecule has 0 saturated carbocycles. The van der Waals surface area contributed by atoms with Gasteiger partial charge in [-0.15, -0.1) is 10.2 Å². The normalized spacial score (nSPS) is 11.9. The number of carbonyl (C=O) groups excluding carboxylic acids is 1. The Bertz CT molecular complexity index is 1170. The lowest BCUT2D eigenvalue weighted by molar-refractivity contribution is -0.267. The second kappa shape index (κ2) is 8.00. The third kappa shape index (κ3) is 4.50. The van der Waals surface area contributed by atoms with Crippen LogP contribution in [-0.4, -0.2) is 18.7 Å². The first-order valence-electron chi connectivity index (χ1n) is 8.23. The number of nitrogens with two attached hydrogens (primary N) is 1. The molecule has 3 rings (SSSR count). The Kier molecular flexibility index (Phi) is 5.68. The summed E-state index contributed by atoms with van der Waals surface area (Å²) in [5.41, 5.74) is 1.05. The number of sulfonamides is 1. The number of anilines is 1. The zero-order valence-electron chi connectivity index (χ0n) is 14.7. The quantitative estimate of drug-likeness (QED) is 0.589. The van der Waals surface area contributed by atoms with Crippen molar-refractivity contribution < 1.29 is 18.3 Å². The van der Waals surface area contributed by atoms with Crippen molar-refractivity contribution in [1.82, 2.24) is 4.37 Å². The van der Waals surface area contributed by atoms with Gasteiger partial charge in [0.05, 0.1) is 16.1 Å². The van der Waals surface area contributed by atoms with Gasteiger partial charge in [0.2, 0.25) is 15.9 Å². The molecule has 0 saturated heterocycles. The summed E-state index contributed by atoms with van der Waals surface area (Å²) in [6, 6.07) is 8.49. The van der Waals surface area contributed by atoms with Crippen LogP contribution in [0.2, 0.25) is 0 Å². The van der Waals surface area contributed by atoms with Gasteiger partial charge in [-0.3, -0.25) is 4.79 Å². The zero-order valence-corrected chi connectivity index (χ0v) is 16.4. The minimum absolute atomic E-state index is 0.0479. The van der Waals surface area contributed by atoms with E-state index < -0.39 is 10.0 Å². The number of nitrogens with one attached hydrogen (secondary N) is 1. The highest BCUT2D eigenvalue weighted by Crippen LogP contribution is 2.34. The minimum atomic E-state index is -3.85. The van der Waals surface area contributed by atoms with Crippen LogP contribution in [0.5, 0.6) is 5.75 Å². The molecular formula is C17H16N5O4S2-. The Morgan fingerprint density at radius 1 is 1.25 bits per heavy atom. The average Bonchev–Trinajstić information content (AvgIpc) is 3.04. The molecule has 0 bridgehead atoms. The molecule has 11 heteroatoms. The van der Waals surface area contributed by atoms with Gasteiger partial charge >= 0.3 is 0 Å². The fourth-order valence-corrected chi connectivity index (χ4v) is 3.60. The number of benzene rings is 2. The molecule has 0 spiro atoms. The number of fused-ring (bicyclic) bond motifs is 1. The van der Waals surface area contributed by atoms with Crippen molar-refractivity contribution in [1.29, 1.82) is 0 Å². The van der Waals surface area contributed by atoms with Crippen LogP contribution in [0.1, 0.15) is 19.8 Å². The van der Waals surface area contributed by atoms with E-state index in [0.29, 0.717) is 34.4 Å². The first-order chi connectivity index (χ1) is 13.3. The van der Waals surface area contributed by atoms with E-state index >= 15 is 0 Å². The lowest BCUT2D eigenvalue weighted by Gasteiger charge is -2.14. The molecule has 1 aromatic heterocycles. The second-order valence-electron chi connectivity index (χ2n) is 5.89. The predicted octanol–water partition coefficient (Wildman–Crippen LogP) is 3.17. The largest absolute Gasteiger partial charge is 0.871 e. The molecule has 3 aromatic rings. The summed E-state index contributed by atoms with van der Waals surface area (Å²) in [6.07, 6.45) is 0.975. The summed E-state index contributed by atoms with van der Waals surface area (Å²) in [4.78, 5) is 11.7. The number of carbonyl (C=O) groups is 1. The molecule has 0 fully saturated rings. The molecule has 0 aliphatic carbocycles. The summed E-state index contributed by atoms with van der Waals surface area (Å²) in [5.74, 6) is -0.581. The SMILES string of the molecule is CCCC(=O)Nc1cc(N=Nc2snc3ccc(S(N)(=O)=O)cc23)ccc1[O-]. The first kappa shape index (κ1) is 19.9. The van der Waals surface area contributed by atoms with E-state index in [2.05, 4.69) is 19.9 Å². The maximum absolute atomic E-state index is 11.9.